The van der Waals surface area contributed by atoms with Crippen molar-refractivity contribution in [1.82, 2.24) is 15.3 Å². The molecule has 0 radical (unpaired) electrons. The number of ether oxygens (including phenoxy) is 1. The number of carbonyl (C=O) groups excluding carboxylic acids is 1. The molecule has 1 heterocycles. The maximum Gasteiger partial charge on any atom is 0.270 e. The number of carbonyl (C=O) groups is 1. The van der Waals surface area contributed by atoms with Gasteiger partial charge in [-0.1, -0.05) is 35.9 Å². The van der Waals surface area contributed by atoms with Gasteiger partial charge in [0.15, 0.2) is 0 Å². The van der Waals surface area contributed by atoms with Crippen LogP contribution in [0.25, 0.3) is 0 Å². The third-order valence-corrected chi connectivity index (χ3v) is 4.67. The van der Waals surface area contributed by atoms with Gasteiger partial charge < -0.3 is 15.4 Å². The Hall–Kier alpha value is -3.41. The molecule has 0 spiro atoms. The third kappa shape index (κ3) is 5.10. The second kappa shape index (κ2) is 9.19. The summed E-state index contributed by atoms with van der Waals surface area (Å²) in [7, 11) is 1.64. The van der Waals surface area contributed by atoms with Gasteiger partial charge in [0.05, 0.1) is 7.11 Å². The maximum absolute atomic E-state index is 12.5. The van der Waals surface area contributed by atoms with E-state index in [1.807, 2.05) is 38.1 Å². The molecule has 0 fully saturated rings. The van der Waals surface area contributed by atoms with E-state index >= 15 is 0 Å². The molecule has 2 N–H and O–H groups in total. The Morgan fingerprint density at radius 3 is 2.52 bits per heavy atom. The van der Waals surface area contributed by atoms with E-state index < -0.39 is 0 Å². The van der Waals surface area contributed by atoms with Crippen molar-refractivity contribution in [2.75, 3.05) is 19.0 Å². The first-order chi connectivity index (χ1) is 14.0. The van der Waals surface area contributed by atoms with E-state index in [0.717, 1.165) is 28.1 Å². The Morgan fingerprint density at radius 2 is 1.79 bits per heavy atom. The van der Waals surface area contributed by atoms with Gasteiger partial charge in [-0.15, -0.1) is 0 Å². The Labute approximate surface area is 171 Å². The molecule has 0 saturated heterocycles. The van der Waals surface area contributed by atoms with Gasteiger partial charge in [-0.3, -0.25) is 4.79 Å². The van der Waals surface area contributed by atoms with Crippen LogP contribution in [0.4, 0.5) is 11.6 Å². The molecule has 0 unspecified atom stereocenters. The quantitative estimate of drug-likeness (QED) is 0.634. The molecule has 0 aliphatic rings. The molecule has 0 bridgehead atoms. The topological polar surface area (TPSA) is 76.1 Å². The van der Waals surface area contributed by atoms with Crippen molar-refractivity contribution < 1.29 is 9.53 Å². The van der Waals surface area contributed by atoms with Crippen LogP contribution in [-0.2, 0) is 6.42 Å². The van der Waals surface area contributed by atoms with Crippen LogP contribution in [0, 0.1) is 20.8 Å². The third-order valence-electron chi connectivity index (χ3n) is 4.67. The highest BCUT2D eigenvalue weighted by atomic mass is 16.5. The molecule has 3 aromatic rings. The number of rotatable bonds is 7. The number of nitrogens with zero attached hydrogens (tertiary/aromatic N) is 2. The molecule has 1 amide bonds. The number of hydrogen-bond acceptors (Lipinski definition) is 5. The van der Waals surface area contributed by atoms with Gasteiger partial charge in [0.2, 0.25) is 5.95 Å². The van der Waals surface area contributed by atoms with E-state index in [1.165, 1.54) is 5.56 Å². The van der Waals surface area contributed by atoms with Crippen molar-refractivity contribution >= 4 is 17.5 Å². The first-order valence-corrected chi connectivity index (χ1v) is 9.56. The second-order valence-corrected chi connectivity index (χ2v) is 6.98. The molecule has 29 heavy (non-hydrogen) atoms. The normalized spacial score (nSPS) is 10.5. The SMILES string of the molecule is COc1ccccc1CCNC(=O)c1ccnc(Nc2c(C)cc(C)cc2C)n1. The standard InChI is InChI=1S/C23H26N4O2/c1-15-13-16(2)21(17(3)14-15)27-23-25-12-10-19(26-23)22(28)24-11-9-18-7-5-6-8-20(18)29-4/h5-8,10,12-14H,9,11H2,1-4H3,(H,24,28)(H,25,26,27). The van der Waals surface area contributed by atoms with Crippen molar-refractivity contribution in [3.05, 3.63) is 76.6 Å². The summed E-state index contributed by atoms with van der Waals surface area (Å²) >= 11 is 0. The lowest BCUT2D eigenvalue weighted by molar-refractivity contribution is 0.0949. The fraction of sp³-hybridized carbons (Fsp3) is 0.261. The van der Waals surface area contributed by atoms with Crippen LogP contribution in [-0.4, -0.2) is 29.5 Å². The molecule has 6 nitrogen and oxygen atoms in total. The highest BCUT2D eigenvalue weighted by Gasteiger charge is 2.11. The number of aryl methyl sites for hydroxylation is 3. The van der Waals surface area contributed by atoms with Gasteiger partial charge >= 0.3 is 0 Å². The molecule has 150 valence electrons. The van der Waals surface area contributed by atoms with Gasteiger partial charge in [0.25, 0.3) is 5.91 Å². The number of benzene rings is 2. The van der Waals surface area contributed by atoms with Crippen LogP contribution in [0.5, 0.6) is 5.75 Å². The van der Waals surface area contributed by atoms with Crippen molar-refractivity contribution in [1.29, 1.82) is 0 Å². The summed E-state index contributed by atoms with van der Waals surface area (Å²) in [5.74, 6) is 0.985. The zero-order valence-electron chi connectivity index (χ0n) is 17.2. The first-order valence-electron chi connectivity index (χ1n) is 9.56. The number of nitrogens with one attached hydrogen (secondary N) is 2. The molecule has 0 aliphatic heterocycles. The molecular formula is C23H26N4O2. The van der Waals surface area contributed by atoms with Crippen LogP contribution in [0.3, 0.4) is 0 Å². The zero-order valence-corrected chi connectivity index (χ0v) is 17.2. The number of anilines is 2. The van der Waals surface area contributed by atoms with E-state index in [9.17, 15) is 4.79 Å². The van der Waals surface area contributed by atoms with Crippen molar-refractivity contribution in [2.45, 2.75) is 27.2 Å². The summed E-state index contributed by atoms with van der Waals surface area (Å²) in [6, 6.07) is 13.6. The number of amides is 1. The molecule has 2 aromatic carbocycles. The number of methoxy groups -OCH3 is 1. The average molecular weight is 390 g/mol. The van der Waals surface area contributed by atoms with Gasteiger partial charge in [-0.05, 0) is 56.0 Å². The van der Waals surface area contributed by atoms with Gasteiger partial charge in [-0.25, -0.2) is 9.97 Å². The van der Waals surface area contributed by atoms with E-state index in [0.29, 0.717) is 24.6 Å². The fourth-order valence-electron chi connectivity index (χ4n) is 3.35. The fourth-order valence-corrected chi connectivity index (χ4v) is 3.35. The zero-order chi connectivity index (χ0) is 20.8. The minimum atomic E-state index is -0.234. The summed E-state index contributed by atoms with van der Waals surface area (Å²) in [5.41, 5.74) is 5.75. The first kappa shape index (κ1) is 20.3. The van der Waals surface area contributed by atoms with Crippen LogP contribution < -0.4 is 15.4 Å². The van der Waals surface area contributed by atoms with E-state index in [2.05, 4.69) is 39.7 Å². The monoisotopic (exact) mass is 390 g/mol. The molecule has 0 atom stereocenters. The van der Waals surface area contributed by atoms with E-state index in [1.54, 1.807) is 19.4 Å². The maximum atomic E-state index is 12.5. The van der Waals surface area contributed by atoms with Crippen LogP contribution >= 0.6 is 0 Å². The van der Waals surface area contributed by atoms with Crippen molar-refractivity contribution in [3.63, 3.8) is 0 Å². The van der Waals surface area contributed by atoms with Crippen molar-refractivity contribution in [3.8, 4) is 5.75 Å². The number of hydrogen-bond donors (Lipinski definition) is 2. The molecule has 3 rings (SSSR count). The second-order valence-electron chi connectivity index (χ2n) is 6.98. The molecule has 6 heteroatoms. The van der Waals surface area contributed by atoms with Crippen LogP contribution in [0.1, 0.15) is 32.7 Å². The lowest BCUT2D eigenvalue weighted by atomic mass is 10.1. The predicted octanol–water partition coefficient (Wildman–Crippen LogP) is 4.13. The minimum Gasteiger partial charge on any atom is -0.496 e. The largest absolute Gasteiger partial charge is 0.496 e. The predicted molar refractivity (Wildman–Crippen MR) is 115 cm³/mol. The van der Waals surface area contributed by atoms with Crippen molar-refractivity contribution in [2.24, 2.45) is 0 Å². The highest BCUT2D eigenvalue weighted by Crippen LogP contribution is 2.24. The van der Waals surface area contributed by atoms with E-state index in [-0.39, 0.29) is 5.91 Å². The molecular weight excluding hydrogens is 364 g/mol. The Morgan fingerprint density at radius 1 is 1.07 bits per heavy atom. The Kier molecular flexibility index (Phi) is 6.44. The molecule has 1 aromatic heterocycles. The molecule has 0 saturated carbocycles. The summed E-state index contributed by atoms with van der Waals surface area (Å²) < 4.78 is 5.34. The van der Waals surface area contributed by atoms with Gasteiger partial charge in [0, 0.05) is 18.4 Å². The Balaban J connectivity index is 1.65. The number of para-hydroxylation sites is 1. The summed E-state index contributed by atoms with van der Waals surface area (Å²) in [6.45, 7) is 6.63. The minimum absolute atomic E-state index is 0.234. The Bertz CT molecular complexity index is 994. The lowest BCUT2D eigenvalue weighted by Gasteiger charge is -2.13. The highest BCUT2D eigenvalue weighted by molar-refractivity contribution is 5.92. The van der Waals surface area contributed by atoms with Gasteiger partial charge in [-0.2, -0.15) is 0 Å². The van der Waals surface area contributed by atoms with Crippen LogP contribution in [0.2, 0.25) is 0 Å². The summed E-state index contributed by atoms with van der Waals surface area (Å²) in [4.78, 5) is 21.1. The summed E-state index contributed by atoms with van der Waals surface area (Å²) in [6.07, 6.45) is 2.26. The van der Waals surface area contributed by atoms with Crippen LogP contribution in [0.15, 0.2) is 48.7 Å². The summed E-state index contributed by atoms with van der Waals surface area (Å²) in [5, 5.41) is 6.15. The molecule has 0 aliphatic carbocycles. The number of aromatic nitrogens is 2. The van der Waals surface area contributed by atoms with Gasteiger partial charge in [0.1, 0.15) is 11.4 Å². The lowest BCUT2D eigenvalue weighted by Crippen LogP contribution is -2.27. The van der Waals surface area contributed by atoms with E-state index in [4.69, 9.17) is 4.74 Å². The smallest absolute Gasteiger partial charge is 0.270 e. The average Bonchev–Trinajstić information content (AvgIpc) is 2.71.